The number of hydrogen-bond donors (Lipinski definition) is 2. The number of hydrogen-bond acceptors (Lipinski definition) is 3. The van der Waals surface area contributed by atoms with Gasteiger partial charge in [0.15, 0.2) is 0 Å². The SMILES string of the molecule is Cc1cc(C(C)NCC(=O)Nc2ccccc2)c(C)o1. The molecule has 1 aromatic heterocycles. The summed E-state index contributed by atoms with van der Waals surface area (Å²) >= 11 is 0. The summed E-state index contributed by atoms with van der Waals surface area (Å²) in [7, 11) is 0. The van der Waals surface area contributed by atoms with Crippen molar-refractivity contribution >= 4 is 11.6 Å². The Labute approximate surface area is 119 Å². The van der Waals surface area contributed by atoms with Crippen LogP contribution in [0.5, 0.6) is 0 Å². The van der Waals surface area contributed by atoms with Crippen LogP contribution in [0.2, 0.25) is 0 Å². The highest BCUT2D eigenvalue weighted by Gasteiger charge is 2.13. The minimum absolute atomic E-state index is 0.0547. The number of carbonyl (C=O) groups is 1. The third-order valence-corrected chi connectivity index (χ3v) is 3.17. The third-order valence-electron chi connectivity index (χ3n) is 3.17. The highest BCUT2D eigenvalue weighted by Crippen LogP contribution is 2.20. The topological polar surface area (TPSA) is 54.3 Å². The molecule has 1 heterocycles. The van der Waals surface area contributed by atoms with Gasteiger partial charge in [-0.2, -0.15) is 0 Å². The summed E-state index contributed by atoms with van der Waals surface area (Å²) in [5, 5.41) is 6.04. The van der Waals surface area contributed by atoms with Gasteiger partial charge in [-0.15, -0.1) is 0 Å². The first-order valence-corrected chi connectivity index (χ1v) is 6.71. The van der Waals surface area contributed by atoms with Crippen LogP contribution in [0.1, 0.15) is 30.0 Å². The Balaban J connectivity index is 1.86. The van der Waals surface area contributed by atoms with Crippen LogP contribution >= 0.6 is 0 Å². The smallest absolute Gasteiger partial charge is 0.238 e. The zero-order chi connectivity index (χ0) is 14.5. The highest BCUT2D eigenvalue weighted by atomic mass is 16.3. The fourth-order valence-corrected chi connectivity index (χ4v) is 2.16. The maximum atomic E-state index is 11.8. The molecule has 0 saturated heterocycles. The fourth-order valence-electron chi connectivity index (χ4n) is 2.16. The monoisotopic (exact) mass is 272 g/mol. The zero-order valence-corrected chi connectivity index (χ0v) is 12.1. The van der Waals surface area contributed by atoms with Gasteiger partial charge in [0.25, 0.3) is 0 Å². The van der Waals surface area contributed by atoms with Crippen LogP contribution in [0.15, 0.2) is 40.8 Å². The van der Waals surface area contributed by atoms with Gasteiger partial charge in [0, 0.05) is 17.3 Å². The summed E-state index contributed by atoms with van der Waals surface area (Å²) < 4.78 is 5.50. The Morgan fingerprint density at radius 2 is 1.95 bits per heavy atom. The van der Waals surface area contributed by atoms with Gasteiger partial charge in [0.05, 0.1) is 6.54 Å². The van der Waals surface area contributed by atoms with E-state index in [4.69, 9.17) is 4.42 Å². The predicted octanol–water partition coefficient (Wildman–Crippen LogP) is 3.19. The Morgan fingerprint density at radius 3 is 2.55 bits per heavy atom. The molecule has 2 aromatic rings. The molecule has 1 aromatic carbocycles. The van der Waals surface area contributed by atoms with Gasteiger partial charge in [-0.3, -0.25) is 4.79 Å². The van der Waals surface area contributed by atoms with Crippen LogP contribution in [-0.4, -0.2) is 12.5 Å². The van der Waals surface area contributed by atoms with E-state index in [9.17, 15) is 4.79 Å². The van der Waals surface area contributed by atoms with Crippen molar-refractivity contribution < 1.29 is 9.21 Å². The molecule has 1 amide bonds. The number of nitrogens with one attached hydrogen (secondary N) is 2. The molecule has 106 valence electrons. The molecule has 4 nitrogen and oxygen atoms in total. The standard InChI is InChI=1S/C16H20N2O2/c1-11-9-15(13(3)20-11)12(2)17-10-16(19)18-14-7-5-4-6-8-14/h4-9,12,17H,10H2,1-3H3,(H,18,19). The van der Waals surface area contributed by atoms with E-state index in [0.29, 0.717) is 0 Å². The average Bonchev–Trinajstić information content (AvgIpc) is 2.76. The van der Waals surface area contributed by atoms with Crippen LogP contribution in [0.4, 0.5) is 5.69 Å². The molecular weight excluding hydrogens is 252 g/mol. The van der Waals surface area contributed by atoms with Crippen molar-refractivity contribution in [2.75, 3.05) is 11.9 Å². The first-order chi connectivity index (χ1) is 9.56. The number of amides is 1. The van der Waals surface area contributed by atoms with Crippen molar-refractivity contribution in [1.29, 1.82) is 0 Å². The predicted molar refractivity (Wildman–Crippen MR) is 79.7 cm³/mol. The molecule has 1 unspecified atom stereocenters. The van der Waals surface area contributed by atoms with Gasteiger partial charge < -0.3 is 15.1 Å². The molecule has 0 aliphatic heterocycles. The van der Waals surface area contributed by atoms with Crippen molar-refractivity contribution in [3.8, 4) is 0 Å². The van der Waals surface area contributed by atoms with E-state index in [1.54, 1.807) is 0 Å². The summed E-state index contributed by atoms with van der Waals surface area (Å²) in [5.74, 6) is 1.73. The number of benzene rings is 1. The number of carbonyl (C=O) groups excluding carboxylic acids is 1. The molecule has 2 rings (SSSR count). The minimum atomic E-state index is -0.0547. The lowest BCUT2D eigenvalue weighted by Crippen LogP contribution is -2.30. The lowest BCUT2D eigenvalue weighted by Gasteiger charge is -2.13. The van der Waals surface area contributed by atoms with Crippen LogP contribution in [0, 0.1) is 13.8 Å². The van der Waals surface area contributed by atoms with E-state index in [1.807, 2.05) is 57.2 Å². The number of aryl methyl sites for hydroxylation is 2. The lowest BCUT2D eigenvalue weighted by molar-refractivity contribution is -0.115. The van der Waals surface area contributed by atoms with Crippen molar-refractivity contribution in [3.63, 3.8) is 0 Å². The second-order valence-corrected chi connectivity index (χ2v) is 4.89. The number of para-hydroxylation sites is 1. The molecule has 4 heteroatoms. The van der Waals surface area contributed by atoms with E-state index in [2.05, 4.69) is 10.6 Å². The first-order valence-electron chi connectivity index (χ1n) is 6.71. The van der Waals surface area contributed by atoms with Crippen LogP contribution in [0.25, 0.3) is 0 Å². The van der Waals surface area contributed by atoms with E-state index in [0.717, 1.165) is 22.8 Å². The van der Waals surface area contributed by atoms with E-state index in [1.165, 1.54) is 0 Å². The fraction of sp³-hybridized carbons (Fsp3) is 0.312. The van der Waals surface area contributed by atoms with Crippen molar-refractivity contribution in [1.82, 2.24) is 5.32 Å². The summed E-state index contributed by atoms with van der Waals surface area (Å²) in [6, 6.07) is 11.5. The van der Waals surface area contributed by atoms with Crippen molar-refractivity contribution in [2.45, 2.75) is 26.8 Å². The molecule has 0 spiro atoms. The largest absolute Gasteiger partial charge is 0.466 e. The minimum Gasteiger partial charge on any atom is -0.466 e. The van der Waals surface area contributed by atoms with Gasteiger partial charge in [0.2, 0.25) is 5.91 Å². The van der Waals surface area contributed by atoms with Crippen LogP contribution < -0.4 is 10.6 Å². The average molecular weight is 272 g/mol. The molecule has 0 saturated carbocycles. The molecular formula is C16H20N2O2. The zero-order valence-electron chi connectivity index (χ0n) is 12.1. The number of anilines is 1. The van der Waals surface area contributed by atoms with Gasteiger partial charge >= 0.3 is 0 Å². The highest BCUT2D eigenvalue weighted by molar-refractivity contribution is 5.92. The summed E-state index contributed by atoms with van der Waals surface area (Å²) in [4.78, 5) is 11.8. The molecule has 20 heavy (non-hydrogen) atoms. The molecule has 1 atom stereocenters. The Hall–Kier alpha value is -2.07. The second kappa shape index (κ2) is 6.39. The maximum Gasteiger partial charge on any atom is 0.238 e. The third kappa shape index (κ3) is 3.71. The van der Waals surface area contributed by atoms with Gasteiger partial charge in [-0.25, -0.2) is 0 Å². The van der Waals surface area contributed by atoms with E-state index >= 15 is 0 Å². The molecule has 0 fully saturated rings. The Morgan fingerprint density at radius 1 is 1.25 bits per heavy atom. The Kier molecular flexibility index (Phi) is 4.58. The van der Waals surface area contributed by atoms with Gasteiger partial charge in [-0.1, -0.05) is 18.2 Å². The Bertz CT molecular complexity index is 575. The molecule has 2 N–H and O–H groups in total. The van der Waals surface area contributed by atoms with Crippen molar-refractivity contribution in [3.05, 3.63) is 53.5 Å². The van der Waals surface area contributed by atoms with E-state index < -0.39 is 0 Å². The van der Waals surface area contributed by atoms with Gasteiger partial charge in [-0.05, 0) is 39.0 Å². The molecule has 0 bridgehead atoms. The normalized spacial score (nSPS) is 12.2. The van der Waals surface area contributed by atoms with Gasteiger partial charge in [0.1, 0.15) is 11.5 Å². The van der Waals surface area contributed by atoms with Crippen LogP contribution in [0.3, 0.4) is 0 Å². The van der Waals surface area contributed by atoms with Crippen molar-refractivity contribution in [2.24, 2.45) is 0 Å². The molecule has 0 radical (unpaired) electrons. The second-order valence-electron chi connectivity index (χ2n) is 4.89. The number of furan rings is 1. The molecule has 0 aliphatic rings. The summed E-state index contributed by atoms with van der Waals surface area (Å²) in [6.07, 6.45) is 0. The summed E-state index contributed by atoms with van der Waals surface area (Å²) in [5.41, 5.74) is 1.90. The quantitative estimate of drug-likeness (QED) is 0.879. The summed E-state index contributed by atoms with van der Waals surface area (Å²) in [6.45, 7) is 6.14. The lowest BCUT2D eigenvalue weighted by atomic mass is 10.1. The van der Waals surface area contributed by atoms with Crippen LogP contribution in [-0.2, 0) is 4.79 Å². The number of rotatable bonds is 5. The maximum absolute atomic E-state index is 11.8. The van der Waals surface area contributed by atoms with E-state index in [-0.39, 0.29) is 18.5 Å². The first kappa shape index (κ1) is 14.3. The molecule has 0 aliphatic carbocycles.